The highest BCUT2D eigenvalue weighted by molar-refractivity contribution is 5.93. The van der Waals surface area contributed by atoms with Gasteiger partial charge in [-0.25, -0.2) is 4.98 Å². The SMILES string of the molecule is CCOc1ccc(NC(=NC)NCc2nc3ccccc3n2C)cc1OC. The number of aryl methyl sites for hydroxylation is 1. The van der Waals surface area contributed by atoms with Crippen molar-refractivity contribution in [1.82, 2.24) is 14.9 Å². The van der Waals surface area contributed by atoms with Crippen molar-refractivity contribution in [2.24, 2.45) is 12.0 Å². The van der Waals surface area contributed by atoms with Crippen molar-refractivity contribution in [1.29, 1.82) is 0 Å². The Bertz CT molecular complexity index is 949. The molecule has 0 fully saturated rings. The fraction of sp³-hybridized carbons (Fsp3) is 0.300. The number of anilines is 1. The number of rotatable bonds is 6. The number of hydrogen-bond donors (Lipinski definition) is 2. The normalized spacial score (nSPS) is 11.5. The second-order valence-electron chi connectivity index (χ2n) is 5.93. The Labute approximate surface area is 159 Å². The molecule has 0 radical (unpaired) electrons. The van der Waals surface area contributed by atoms with Gasteiger partial charge in [0, 0.05) is 25.8 Å². The van der Waals surface area contributed by atoms with E-state index in [1.54, 1.807) is 14.2 Å². The van der Waals surface area contributed by atoms with Gasteiger partial charge in [-0.3, -0.25) is 4.99 Å². The molecule has 0 aliphatic heterocycles. The van der Waals surface area contributed by atoms with Crippen LogP contribution in [0.3, 0.4) is 0 Å². The zero-order chi connectivity index (χ0) is 19.2. The number of imidazole rings is 1. The van der Waals surface area contributed by atoms with Crippen LogP contribution in [0.4, 0.5) is 5.69 Å². The smallest absolute Gasteiger partial charge is 0.195 e. The van der Waals surface area contributed by atoms with Crippen molar-refractivity contribution in [2.75, 3.05) is 26.1 Å². The molecule has 2 N–H and O–H groups in total. The van der Waals surface area contributed by atoms with Crippen LogP contribution in [0.2, 0.25) is 0 Å². The molecule has 0 aliphatic rings. The first-order valence-electron chi connectivity index (χ1n) is 8.85. The highest BCUT2D eigenvalue weighted by Crippen LogP contribution is 2.30. The van der Waals surface area contributed by atoms with Crippen molar-refractivity contribution in [3.63, 3.8) is 0 Å². The quantitative estimate of drug-likeness (QED) is 0.517. The van der Waals surface area contributed by atoms with Crippen molar-refractivity contribution in [3.05, 3.63) is 48.3 Å². The maximum atomic E-state index is 5.55. The van der Waals surface area contributed by atoms with Gasteiger partial charge in [-0.15, -0.1) is 0 Å². The van der Waals surface area contributed by atoms with Gasteiger partial charge in [-0.1, -0.05) is 12.1 Å². The van der Waals surface area contributed by atoms with Gasteiger partial charge < -0.3 is 24.7 Å². The minimum absolute atomic E-state index is 0.555. The fourth-order valence-corrected chi connectivity index (χ4v) is 2.85. The van der Waals surface area contributed by atoms with Gasteiger partial charge in [-0.2, -0.15) is 0 Å². The minimum atomic E-state index is 0.555. The van der Waals surface area contributed by atoms with Crippen LogP contribution in [0.15, 0.2) is 47.5 Å². The number of hydrogen-bond acceptors (Lipinski definition) is 4. The van der Waals surface area contributed by atoms with E-state index in [9.17, 15) is 0 Å². The molecule has 0 spiro atoms. The van der Waals surface area contributed by atoms with Crippen LogP contribution in [-0.2, 0) is 13.6 Å². The summed E-state index contributed by atoms with van der Waals surface area (Å²) in [5.74, 6) is 2.97. The molecule has 1 heterocycles. The molecule has 0 saturated carbocycles. The standard InChI is InChI=1S/C20H25N5O2/c1-5-27-17-11-10-14(12-18(17)26-4)23-20(21-2)22-13-19-24-15-8-6-7-9-16(15)25(19)3/h6-12H,5,13H2,1-4H3,(H2,21,22,23). The Balaban J connectivity index is 1.70. The molecule has 2 aromatic carbocycles. The van der Waals surface area contributed by atoms with Gasteiger partial charge in [-0.05, 0) is 31.2 Å². The summed E-state index contributed by atoms with van der Waals surface area (Å²) in [6.45, 7) is 3.09. The van der Waals surface area contributed by atoms with E-state index < -0.39 is 0 Å². The molecule has 3 rings (SSSR count). The van der Waals surface area contributed by atoms with Crippen LogP contribution >= 0.6 is 0 Å². The number of methoxy groups -OCH3 is 1. The maximum Gasteiger partial charge on any atom is 0.195 e. The van der Waals surface area contributed by atoms with Gasteiger partial charge in [0.2, 0.25) is 0 Å². The zero-order valence-corrected chi connectivity index (χ0v) is 16.1. The lowest BCUT2D eigenvalue weighted by molar-refractivity contribution is 0.311. The van der Waals surface area contributed by atoms with Crippen LogP contribution in [-0.4, -0.2) is 36.3 Å². The second-order valence-corrected chi connectivity index (χ2v) is 5.93. The summed E-state index contributed by atoms with van der Waals surface area (Å²) >= 11 is 0. The highest BCUT2D eigenvalue weighted by Gasteiger charge is 2.09. The van der Waals surface area contributed by atoms with Gasteiger partial charge in [0.25, 0.3) is 0 Å². The van der Waals surface area contributed by atoms with Crippen LogP contribution in [0.5, 0.6) is 11.5 Å². The van der Waals surface area contributed by atoms with E-state index in [1.165, 1.54) is 0 Å². The average molecular weight is 367 g/mol. The topological polar surface area (TPSA) is 72.7 Å². The Morgan fingerprint density at radius 1 is 1.19 bits per heavy atom. The van der Waals surface area contributed by atoms with Gasteiger partial charge in [0.1, 0.15) is 5.82 Å². The third kappa shape index (κ3) is 4.13. The average Bonchev–Trinajstić information content (AvgIpc) is 3.02. The lowest BCUT2D eigenvalue weighted by atomic mass is 10.2. The number of nitrogens with zero attached hydrogens (tertiary/aromatic N) is 3. The Hall–Kier alpha value is -3.22. The Morgan fingerprint density at radius 3 is 2.70 bits per heavy atom. The minimum Gasteiger partial charge on any atom is -0.493 e. The van der Waals surface area contributed by atoms with E-state index in [4.69, 9.17) is 9.47 Å². The largest absolute Gasteiger partial charge is 0.493 e. The molecule has 3 aromatic rings. The van der Waals surface area contributed by atoms with Crippen LogP contribution in [0.1, 0.15) is 12.7 Å². The van der Waals surface area contributed by atoms with Crippen LogP contribution in [0, 0.1) is 0 Å². The van der Waals surface area contributed by atoms with Gasteiger partial charge >= 0.3 is 0 Å². The summed E-state index contributed by atoms with van der Waals surface area (Å²) in [4.78, 5) is 8.95. The first-order valence-corrected chi connectivity index (χ1v) is 8.85. The molecule has 7 heteroatoms. The molecule has 0 aliphatic carbocycles. The predicted molar refractivity (Wildman–Crippen MR) is 109 cm³/mol. The molecule has 0 amide bonds. The molecular weight excluding hydrogens is 342 g/mol. The molecule has 27 heavy (non-hydrogen) atoms. The van der Waals surface area contributed by atoms with E-state index in [2.05, 4.69) is 31.2 Å². The molecule has 142 valence electrons. The van der Waals surface area contributed by atoms with E-state index in [1.807, 2.05) is 50.4 Å². The summed E-state index contributed by atoms with van der Waals surface area (Å²) in [6.07, 6.45) is 0. The highest BCUT2D eigenvalue weighted by atomic mass is 16.5. The Kier molecular flexibility index (Phi) is 5.80. The lowest BCUT2D eigenvalue weighted by Crippen LogP contribution is -2.31. The number of fused-ring (bicyclic) bond motifs is 1. The van der Waals surface area contributed by atoms with E-state index >= 15 is 0 Å². The zero-order valence-electron chi connectivity index (χ0n) is 16.1. The Morgan fingerprint density at radius 2 is 2.00 bits per heavy atom. The van der Waals surface area contributed by atoms with E-state index in [-0.39, 0.29) is 0 Å². The van der Waals surface area contributed by atoms with Crippen LogP contribution in [0.25, 0.3) is 11.0 Å². The van der Waals surface area contributed by atoms with Crippen LogP contribution < -0.4 is 20.1 Å². The number of nitrogens with one attached hydrogen (secondary N) is 2. The van der Waals surface area contributed by atoms with Crippen molar-refractivity contribution >= 4 is 22.7 Å². The molecule has 1 aromatic heterocycles. The predicted octanol–water partition coefficient (Wildman–Crippen LogP) is 3.17. The first kappa shape index (κ1) is 18.6. The number of aromatic nitrogens is 2. The molecule has 7 nitrogen and oxygen atoms in total. The molecule has 0 bridgehead atoms. The van der Waals surface area contributed by atoms with E-state index in [0.717, 1.165) is 22.5 Å². The third-order valence-electron chi connectivity index (χ3n) is 4.24. The number of para-hydroxylation sites is 2. The number of benzene rings is 2. The molecule has 0 saturated heterocycles. The number of ether oxygens (including phenoxy) is 2. The van der Waals surface area contributed by atoms with Crippen molar-refractivity contribution < 1.29 is 9.47 Å². The summed E-state index contributed by atoms with van der Waals surface area (Å²) < 4.78 is 13.0. The molecule has 0 atom stereocenters. The fourth-order valence-electron chi connectivity index (χ4n) is 2.85. The van der Waals surface area contributed by atoms with E-state index in [0.29, 0.717) is 30.6 Å². The summed E-state index contributed by atoms with van der Waals surface area (Å²) in [5.41, 5.74) is 2.94. The first-order chi connectivity index (χ1) is 13.2. The molecular formula is C20H25N5O2. The lowest BCUT2D eigenvalue weighted by Gasteiger charge is -2.14. The molecule has 0 unspecified atom stereocenters. The van der Waals surface area contributed by atoms with Crippen molar-refractivity contribution in [2.45, 2.75) is 13.5 Å². The van der Waals surface area contributed by atoms with Gasteiger partial charge in [0.05, 0.1) is 31.3 Å². The number of aliphatic imine (C=N–C) groups is 1. The maximum absolute atomic E-state index is 5.55. The summed E-state index contributed by atoms with van der Waals surface area (Å²) in [7, 11) is 5.37. The second kappa shape index (κ2) is 8.44. The monoisotopic (exact) mass is 367 g/mol. The van der Waals surface area contributed by atoms with Gasteiger partial charge in [0.15, 0.2) is 17.5 Å². The summed E-state index contributed by atoms with van der Waals surface area (Å²) in [6, 6.07) is 13.8. The summed E-state index contributed by atoms with van der Waals surface area (Å²) in [5, 5.41) is 6.56. The third-order valence-corrected chi connectivity index (χ3v) is 4.24. The number of guanidine groups is 1. The van der Waals surface area contributed by atoms with Crippen molar-refractivity contribution in [3.8, 4) is 11.5 Å².